The molecule has 1 saturated carbocycles. The lowest BCUT2D eigenvalue weighted by Crippen LogP contribution is -2.53. The van der Waals surface area contributed by atoms with Gasteiger partial charge in [-0.15, -0.1) is 0 Å². The van der Waals surface area contributed by atoms with Crippen LogP contribution in [0.4, 0.5) is 0 Å². The minimum atomic E-state index is -0.218. The van der Waals surface area contributed by atoms with Crippen LogP contribution in [-0.4, -0.2) is 50.7 Å². The van der Waals surface area contributed by atoms with Crippen LogP contribution in [0.1, 0.15) is 32.1 Å². The van der Waals surface area contributed by atoms with Crippen LogP contribution in [-0.2, 0) is 9.53 Å². The van der Waals surface area contributed by atoms with Gasteiger partial charge in [0.2, 0.25) is 5.91 Å². The molecule has 2 rings (SSSR count). The van der Waals surface area contributed by atoms with Gasteiger partial charge < -0.3 is 15.0 Å². The molecule has 4 heteroatoms. The molecule has 98 valence electrons. The predicted molar refractivity (Wildman–Crippen MR) is 66.8 cm³/mol. The van der Waals surface area contributed by atoms with E-state index < -0.39 is 0 Å². The van der Waals surface area contributed by atoms with Gasteiger partial charge in [-0.2, -0.15) is 0 Å². The Morgan fingerprint density at radius 3 is 2.47 bits per heavy atom. The average Bonchev–Trinajstić information content (AvgIpc) is 2.40. The third-order valence-electron chi connectivity index (χ3n) is 4.09. The first-order valence-electron chi connectivity index (χ1n) is 6.77. The third-order valence-corrected chi connectivity index (χ3v) is 4.09. The Labute approximate surface area is 104 Å². The Bertz CT molecular complexity index is 251. The second-order valence-corrected chi connectivity index (χ2v) is 5.32. The van der Waals surface area contributed by atoms with Gasteiger partial charge in [-0.3, -0.25) is 4.79 Å². The molecule has 1 aliphatic carbocycles. The van der Waals surface area contributed by atoms with E-state index in [2.05, 4.69) is 5.32 Å². The van der Waals surface area contributed by atoms with Crippen LogP contribution >= 0.6 is 0 Å². The second kappa shape index (κ2) is 5.83. The summed E-state index contributed by atoms with van der Waals surface area (Å²) in [5.74, 6) is 0.334. The number of carbonyl (C=O) groups is 1. The van der Waals surface area contributed by atoms with Gasteiger partial charge in [-0.05, 0) is 12.8 Å². The van der Waals surface area contributed by atoms with Crippen molar-refractivity contribution in [3.63, 3.8) is 0 Å². The molecule has 0 spiro atoms. The number of hydrogen-bond donors (Lipinski definition) is 1. The van der Waals surface area contributed by atoms with Crippen molar-refractivity contribution in [3.05, 3.63) is 0 Å². The van der Waals surface area contributed by atoms with Gasteiger partial charge in [0.15, 0.2) is 0 Å². The maximum atomic E-state index is 12.7. The lowest BCUT2D eigenvalue weighted by atomic mass is 9.73. The second-order valence-electron chi connectivity index (χ2n) is 5.32. The Kier molecular flexibility index (Phi) is 4.40. The van der Waals surface area contributed by atoms with Crippen molar-refractivity contribution in [1.82, 2.24) is 10.2 Å². The van der Waals surface area contributed by atoms with E-state index in [9.17, 15) is 4.79 Å². The van der Waals surface area contributed by atoms with Crippen LogP contribution in [0.5, 0.6) is 0 Å². The Hall–Kier alpha value is -0.610. The number of rotatable bonds is 3. The predicted octanol–water partition coefficient (Wildman–Crippen LogP) is 1.02. The molecule has 0 radical (unpaired) electrons. The molecule has 1 N–H and O–H groups in total. The van der Waals surface area contributed by atoms with E-state index in [1.165, 1.54) is 19.3 Å². The number of nitrogens with zero attached hydrogens (tertiary/aromatic N) is 1. The molecule has 0 aromatic rings. The first-order chi connectivity index (χ1) is 8.28. The molecule has 1 heterocycles. The number of hydrogen-bond acceptors (Lipinski definition) is 3. The molecule has 2 aliphatic rings. The highest BCUT2D eigenvalue weighted by Crippen LogP contribution is 2.38. The van der Waals surface area contributed by atoms with Gasteiger partial charge in [-0.1, -0.05) is 19.3 Å². The molecule has 1 aliphatic heterocycles. The van der Waals surface area contributed by atoms with Crippen LogP contribution in [0.15, 0.2) is 0 Å². The Morgan fingerprint density at radius 1 is 1.24 bits per heavy atom. The lowest BCUT2D eigenvalue weighted by Gasteiger charge is -2.40. The standard InChI is InChI=1S/C13H24N2O2/c1-17-11-13(5-3-2-4-6-13)12(16)15-9-7-14-8-10-15/h14H,2-11H2,1H3. The van der Waals surface area contributed by atoms with Gasteiger partial charge >= 0.3 is 0 Å². The first-order valence-corrected chi connectivity index (χ1v) is 6.77. The monoisotopic (exact) mass is 240 g/mol. The summed E-state index contributed by atoms with van der Waals surface area (Å²) in [6, 6.07) is 0. The van der Waals surface area contributed by atoms with E-state index in [-0.39, 0.29) is 5.41 Å². The van der Waals surface area contributed by atoms with Crippen molar-refractivity contribution in [2.45, 2.75) is 32.1 Å². The van der Waals surface area contributed by atoms with Crippen LogP contribution in [0.3, 0.4) is 0 Å². The summed E-state index contributed by atoms with van der Waals surface area (Å²) in [5.41, 5.74) is -0.218. The van der Waals surface area contributed by atoms with Gasteiger partial charge in [0.25, 0.3) is 0 Å². The summed E-state index contributed by atoms with van der Waals surface area (Å²) in [6.07, 6.45) is 5.61. The fraction of sp³-hybridized carbons (Fsp3) is 0.923. The first kappa shape index (κ1) is 12.8. The van der Waals surface area contributed by atoms with Gasteiger partial charge in [0.1, 0.15) is 0 Å². The minimum Gasteiger partial charge on any atom is -0.384 e. The number of ether oxygens (including phenoxy) is 1. The normalized spacial score (nSPS) is 24.6. The molecule has 2 fully saturated rings. The fourth-order valence-electron chi connectivity index (χ4n) is 3.13. The maximum Gasteiger partial charge on any atom is 0.231 e. The summed E-state index contributed by atoms with van der Waals surface area (Å²) in [5, 5.41) is 3.29. The quantitative estimate of drug-likeness (QED) is 0.800. The van der Waals surface area contributed by atoms with E-state index in [4.69, 9.17) is 4.74 Å². The molecule has 0 unspecified atom stereocenters. The zero-order valence-electron chi connectivity index (χ0n) is 10.8. The molecule has 4 nitrogen and oxygen atoms in total. The zero-order chi connectivity index (χ0) is 12.1. The minimum absolute atomic E-state index is 0.218. The van der Waals surface area contributed by atoms with Crippen LogP contribution in [0.25, 0.3) is 0 Å². The number of carbonyl (C=O) groups excluding carboxylic acids is 1. The van der Waals surface area contributed by atoms with Gasteiger partial charge in [0.05, 0.1) is 12.0 Å². The third kappa shape index (κ3) is 2.80. The van der Waals surface area contributed by atoms with Gasteiger partial charge in [0, 0.05) is 33.3 Å². The fourth-order valence-corrected chi connectivity index (χ4v) is 3.13. The van der Waals surface area contributed by atoms with Crippen molar-refractivity contribution in [2.75, 3.05) is 39.9 Å². The van der Waals surface area contributed by atoms with Crippen molar-refractivity contribution >= 4 is 5.91 Å². The van der Waals surface area contributed by atoms with E-state index in [1.807, 2.05) is 4.90 Å². The van der Waals surface area contributed by atoms with Crippen LogP contribution in [0, 0.1) is 5.41 Å². The molecule has 0 aromatic carbocycles. The number of methoxy groups -OCH3 is 1. The van der Waals surface area contributed by atoms with E-state index >= 15 is 0 Å². The molecule has 17 heavy (non-hydrogen) atoms. The summed E-state index contributed by atoms with van der Waals surface area (Å²) in [4.78, 5) is 14.7. The summed E-state index contributed by atoms with van der Waals surface area (Å²) in [7, 11) is 1.71. The highest BCUT2D eigenvalue weighted by molar-refractivity contribution is 5.83. The van der Waals surface area contributed by atoms with Crippen molar-refractivity contribution in [1.29, 1.82) is 0 Å². The molecular formula is C13H24N2O2. The smallest absolute Gasteiger partial charge is 0.231 e. The number of piperazine rings is 1. The van der Waals surface area contributed by atoms with Crippen LogP contribution < -0.4 is 5.32 Å². The maximum absolute atomic E-state index is 12.7. The highest BCUT2D eigenvalue weighted by Gasteiger charge is 2.42. The van der Waals surface area contributed by atoms with E-state index in [1.54, 1.807) is 7.11 Å². The molecule has 0 bridgehead atoms. The SMILES string of the molecule is COCC1(C(=O)N2CCNCC2)CCCCC1. The zero-order valence-corrected chi connectivity index (χ0v) is 10.8. The summed E-state index contributed by atoms with van der Waals surface area (Å²) in [6.45, 7) is 4.15. The van der Waals surface area contributed by atoms with Crippen molar-refractivity contribution < 1.29 is 9.53 Å². The molecule has 1 amide bonds. The van der Waals surface area contributed by atoms with Crippen LogP contribution in [0.2, 0.25) is 0 Å². The number of nitrogens with one attached hydrogen (secondary N) is 1. The summed E-state index contributed by atoms with van der Waals surface area (Å²) < 4.78 is 5.33. The van der Waals surface area contributed by atoms with E-state index in [0.29, 0.717) is 12.5 Å². The number of amides is 1. The molecule has 0 aromatic heterocycles. The summed E-state index contributed by atoms with van der Waals surface area (Å²) >= 11 is 0. The van der Waals surface area contributed by atoms with Gasteiger partial charge in [-0.25, -0.2) is 0 Å². The molecule has 1 saturated heterocycles. The average molecular weight is 240 g/mol. The topological polar surface area (TPSA) is 41.6 Å². The Balaban J connectivity index is 2.05. The lowest BCUT2D eigenvalue weighted by molar-refractivity contribution is -0.148. The Morgan fingerprint density at radius 2 is 1.88 bits per heavy atom. The van der Waals surface area contributed by atoms with Crippen molar-refractivity contribution in [2.24, 2.45) is 5.41 Å². The van der Waals surface area contributed by atoms with Crippen molar-refractivity contribution in [3.8, 4) is 0 Å². The highest BCUT2D eigenvalue weighted by atomic mass is 16.5. The molecular weight excluding hydrogens is 216 g/mol. The largest absolute Gasteiger partial charge is 0.384 e. The molecule has 0 atom stereocenters. The van der Waals surface area contributed by atoms with E-state index in [0.717, 1.165) is 39.0 Å².